The molecule has 3 fully saturated rings. The highest BCUT2D eigenvalue weighted by Gasteiger charge is 2.78. The van der Waals surface area contributed by atoms with Crippen molar-refractivity contribution in [3.8, 4) is 0 Å². The van der Waals surface area contributed by atoms with Gasteiger partial charge in [-0.05, 0) is 77.4 Å². The number of alkyl carbamates (subject to hydrolysis) is 1. The van der Waals surface area contributed by atoms with Gasteiger partial charge in [-0.15, -0.1) is 0 Å². The van der Waals surface area contributed by atoms with Crippen molar-refractivity contribution in [2.45, 2.75) is 135 Å². The number of ketones is 2. The minimum Gasteiger partial charge on any atom is -0.455 e. The average Bonchev–Trinajstić information content (AvgIpc) is 3.25. The van der Waals surface area contributed by atoms with E-state index in [9.17, 15) is 29.1 Å². The molecular weight excluding hydrogens is 897 g/mol. The summed E-state index contributed by atoms with van der Waals surface area (Å²) in [6, 6.07) is 14.8. The molecule has 11 atom stereocenters. The Kier molecular flexibility index (Phi) is 15.4. The van der Waals surface area contributed by atoms with Crippen molar-refractivity contribution in [3.05, 3.63) is 82.9 Å². The molecule has 18 nitrogen and oxygen atoms in total. The van der Waals surface area contributed by atoms with Crippen LogP contribution in [0.25, 0.3) is 0 Å². The Labute approximate surface area is 402 Å². The fourth-order valence-corrected chi connectivity index (χ4v) is 11.0. The Balaban J connectivity index is 1.55. The number of nitrogens with zero attached hydrogens (tertiary/aromatic N) is 1. The Bertz CT molecular complexity index is 2330. The molecule has 3 unspecified atom stereocenters. The number of nitrogens with one attached hydrogen (secondary N) is 1. The highest BCUT2D eigenvalue weighted by molar-refractivity contribution is 5.94. The second-order valence-electron chi connectivity index (χ2n) is 20.3. The number of hydrogen-bond donors (Lipinski definition) is 2. The predicted molar refractivity (Wildman–Crippen MR) is 245 cm³/mol. The molecule has 2 saturated carbocycles. The molecule has 1 saturated heterocycles. The standard InChI is InChI=1S/C51H66N2O16/c1-28(54)25-53(10)26-36(56)66-40(38(31-19-15-13-16-20-31)52-46(60)69-47(4,5)6)45(59)65-33-24-51(61)43(67-44(58)32-21-17-14-18-22-32)41-49(9,42(57)39(63-12)37(29(33)2)48(51,7)8)34(62-11)23-35-50(41,27-64-35)68-30(3)55/h13-22,33-35,38-41,43,61H,23-27H2,1-12H3,(H,52,60)/t33-,34-,35?,38-,39+,40+,41?,43?,49+,50-,51+/m0/s1. The first kappa shape index (κ1) is 52.8. The number of amides is 1. The molecule has 1 aliphatic heterocycles. The van der Waals surface area contributed by atoms with Crippen molar-refractivity contribution < 1.29 is 76.6 Å². The minimum atomic E-state index is -2.31. The van der Waals surface area contributed by atoms with Crippen molar-refractivity contribution in [3.63, 3.8) is 0 Å². The van der Waals surface area contributed by atoms with Crippen LogP contribution >= 0.6 is 0 Å². The van der Waals surface area contributed by atoms with Crippen LogP contribution in [-0.2, 0) is 61.9 Å². The first-order chi connectivity index (χ1) is 32.2. The lowest BCUT2D eigenvalue weighted by molar-refractivity contribution is -0.347. The fourth-order valence-electron chi connectivity index (χ4n) is 11.0. The van der Waals surface area contributed by atoms with Crippen LogP contribution in [0.15, 0.2) is 71.8 Å². The molecule has 376 valence electrons. The molecule has 0 spiro atoms. The van der Waals surface area contributed by atoms with Crippen LogP contribution in [0.4, 0.5) is 4.79 Å². The van der Waals surface area contributed by atoms with Crippen molar-refractivity contribution >= 4 is 41.5 Å². The van der Waals surface area contributed by atoms with Crippen LogP contribution < -0.4 is 5.32 Å². The van der Waals surface area contributed by atoms with Gasteiger partial charge in [-0.2, -0.15) is 0 Å². The van der Waals surface area contributed by atoms with E-state index in [1.54, 1.807) is 97.0 Å². The first-order valence-electron chi connectivity index (χ1n) is 23.0. The molecule has 0 aromatic heterocycles. The van der Waals surface area contributed by atoms with E-state index in [-0.39, 0.29) is 36.5 Å². The summed E-state index contributed by atoms with van der Waals surface area (Å²) in [5, 5.41) is 16.6. The van der Waals surface area contributed by atoms with Crippen molar-refractivity contribution in [2.24, 2.45) is 16.7 Å². The van der Waals surface area contributed by atoms with Gasteiger partial charge in [-0.25, -0.2) is 14.4 Å². The number of esters is 4. The highest BCUT2D eigenvalue weighted by Crippen LogP contribution is 2.65. The zero-order valence-corrected chi connectivity index (χ0v) is 41.4. The maximum absolute atomic E-state index is 15.8. The summed E-state index contributed by atoms with van der Waals surface area (Å²) in [6.45, 7) is 13.3. The molecule has 2 aromatic carbocycles. The topological polar surface area (TPSA) is 229 Å². The second kappa shape index (κ2) is 20.1. The summed E-state index contributed by atoms with van der Waals surface area (Å²) in [5.74, 6) is -5.89. The summed E-state index contributed by atoms with van der Waals surface area (Å²) in [5.41, 5.74) is -7.28. The quantitative estimate of drug-likeness (QED) is 0.141. The number of likely N-dealkylation sites (N-methyl/N-ethyl adjacent to an activating group) is 1. The zero-order chi connectivity index (χ0) is 51.0. The van der Waals surface area contributed by atoms with Crippen LogP contribution in [0.2, 0.25) is 0 Å². The first-order valence-corrected chi connectivity index (χ1v) is 23.0. The van der Waals surface area contributed by atoms with Gasteiger partial charge in [0.25, 0.3) is 0 Å². The van der Waals surface area contributed by atoms with Crippen LogP contribution in [0, 0.1) is 16.7 Å². The fraction of sp³-hybridized carbons (Fsp3) is 0.588. The van der Waals surface area contributed by atoms with Crippen LogP contribution in [0.3, 0.4) is 0 Å². The predicted octanol–water partition coefficient (Wildman–Crippen LogP) is 4.64. The van der Waals surface area contributed by atoms with Gasteiger partial charge in [0.05, 0.1) is 42.7 Å². The van der Waals surface area contributed by atoms with Gasteiger partial charge in [0, 0.05) is 39.4 Å². The number of benzene rings is 2. The van der Waals surface area contributed by atoms with Crippen molar-refractivity contribution in [1.29, 1.82) is 0 Å². The van der Waals surface area contributed by atoms with E-state index in [2.05, 4.69) is 5.32 Å². The molecule has 1 amide bonds. The smallest absolute Gasteiger partial charge is 0.408 e. The molecular formula is C51H66N2O16. The van der Waals surface area contributed by atoms with E-state index >= 15 is 9.59 Å². The van der Waals surface area contributed by atoms with E-state index in [4.69, 9.17) is 37.9 Å². The highest BCUT2D eigenvalue weighted by atomic mass is 16.6. The molecule has 2 bridgehead atoms. The van der Waals surface area contributed by atoms with Gasteiger partial charge < -0.3 is 48.3 Å². The van der Waals surface area contributed by atoms with Gasteiger partial charge in [-0.3, -0.25) is 24.1 Å². The van der Waals surface area contributed by atoms with E-state index < -0.39 is 125 Å². The lowest BCUT2D eigenvalue weighted by Gasteiger charge is -2.67. The monoisotopic (exact) mass is 962 g/mol. The minimum absolute atomic E-state index is 0.0863. The maximum Gasteiger partial charge on any atom is 0.408 e. The van der Waals surface area contributed by atoms with Crippen molar-refractivity contribution in [1.82, 2.24) is 10.2 Å². The number of hydrogen-bond acceptors (Lipinski definition) is 17. The van der Waals surface area contributed by atoms with Gasteiger partial charge in [0.1, 0.15) is 47.4 Å². The van der Waals surface area contributed by atoms with Gasteiger partial charge in [0.2, 0.25) is 6.10 Å². The Hall–Kier alpha value is -5.53. The number of methoxy groups -OCH3 is 2. The van der Waals surface area contributed by atoms with Crippen LogP contribution in [-0.4, -0.2) is 146 Å². The SMILES string of the molecule is CO[C@H]1C(=O)[C@@]2(C)C(C(OC(=O)c3ccccc3)[C@]3(O)C[C@H](OC(=O)[C@H](OC(=O)CN(C)CC(C)=O)[C@@H](NC(=O)OC(C)(C)C)c4ccccc4)C(C)=C1C3(C)C)[C@]1(OC(C)=O)COC1C[C@@H]2OC. The summed E-state index contributed by atoms with van der Waals surface area (Å²) in [6.07, 6.45) is -9.75. The largest absolute Gasteiger partial charge is 0.455 e. The van der Waals surface area contributed by atoms with Gasteiger partial charge >= 0.3 is 30.0 Å². The third-order valence-electron chi connectivity index (χ3n) is 14.2. The number of carbonyl (C=O) groups excluding carboxylic acids is 7. The number of aliphatic hydroxyl groups is 1. The van der Waals surface area contributed by atoms with Gasteiger partial charge in [0.15, 0.2) is 11.4 Å². The number of rotatable bonds is 15. The molecule has 2 aromatic rings. The lowest BCUT2D eigenvalue weighted by Crippen LogP contribution is -2.82. The molecule has 2 N–H and O–H groups in total. The van der Waals surface area contributed by atoms with Crippen LogP contribution in [0.5, 0.6) is 0 Å². The third-order valence-corrected chi connectivity index (χ3v) is 14.2. The molecule has 6 rings (SSSR count). The molecule has 3 aliphatic carbocycles. The normalized spacial score (nSPS) is 30.1. The van der Waals surface area contributed by atoms with Crippen LogP contribution in [0.1, 0.15) is 97.1 Å². The number of fused-ring (bicyclic) bond motifs is 5. The van der Waals surface area contributed by atoms with E-state index in [0.29, 0.717) is 11.1 Å². The summed E-state index contributed by atoms with van der Waals surface area (Å²) in [7, 11) is 4.26. The molecule has 4 aliphatic rings. The number of ether oxygens (including phenoxy) is 8. The average molecular weight is 963 g/mol. The summed E-state index contributed by atoms with van der Waals surface area (Å²) < 4.78 is 49.0. The number of Topliss-reactive ketones (excluding diaryl/α,β-unsaturated/α-hetero) is 2. The Morgan fingerprint density at radius 2 is 1.54 bits per heavy atom. The summed E-state index contributed by atoms with van der Waals surface area (Å²) in [4.78, 5) is 99.2. The van der Waals surface area contributed by atoms with E-state index in [0.717, 1.165) is 0 Å². The molecule has 69 heavy (non-hydrogen) atoms. The Morgan fingerprint density at radius 1 is 0.913 bits per heavy atom. The molecule has 18 heteroatoms. The van der Waals surface area contributed by atoms with Crippen molar-refractivity contribution in [2.75, 3.05) is 41.0 Å². The lowest BCUT2D eigenvalue weighted by atomic mass is 9.44. The zero-order valence-electron chi connectivity index (χ0n) is 41.4. The summed E-state index contributed by atoms with van der Waals surface area (Å²) >= 11 is 0. The molecule has 1 heterocycles. The molecule has 0 radical (unpaired) electrons. The Morgan fingerprint density at radius 3 is 2.07 bits per heavy atom. The number of carbonyl (C=O) groups is 7. The maximum atomic E-state index is 15.8. The van der Waals surface area contributed by atoms with E-state index in [1.807, 2.05) is 0 Å². The van der Waals surface area contributed by atoms with Gasteiger partial charge in [-0.1, -0.05) is 62.4 Å². The van der Waals surface area contributed by atoms with E-state index in [1.165, 1.54) is 52.1 Å². The third kappa shape index (κ3) is 10.1. The second-order valence-corrected chi connectivity index (χ2v) is 20.3.